The van der Waals surface area contributed by atoms with E-state index >= 15 is 0 Å². The van der Waals surface area contributed by atoms with Crippen LogP contribution in [0.5, 0.6) is 0 Å². The third kappa shape index (κ3) is 6.02. The van der Waals surface area contributed by atoms with Gasteiger partial charge in [-0.25, -0.2) is 0 Å². The minimum atomic E-state index is -0.456. The first-order valence-corrected chi connectivity index (χ1v) is 9.68. The number of nitrogens with zero attached hydrogens (tertiary/aromatic N) is 2. The van der Waals surface area contributed by atoms with Crippen molar-refractivity contribution >= 4 is 11.8 Å². The molecule has 1 atom stereocenters. The van der Waals surface area contributed by atoms with Crippen molar-refractivity contribution in [1.82, 2.24) is 15.1 Å². The van der Waals surface area contributed by atoms with E-state index in [0.717, 1.165) is 24.9 Å². The lowest BCUT2D eigenvalue weighted by molar-refractivity contribution is -0.138. The lowest BCUT2D eigenvalue weighted by atomic mass is 9.90. The van der Waals surface area contributed by atoms with Crippen molar-refractivity contribution < 1.29 is 19.4 Å². The van der Waals surface area contributed by atoms with Gasteiger partial charge in [0.1, 0.15) is 6.61 Å². The van der Waals surface area contributed by atoms with Gasteiger partial charge in [-0.1, -0.05) is 30.3 Å². The fraction of sp³-hybridized carbons (Fsp3) is 0.600. The molecule has 0 aliphatic carbocycles. The summed E-state index contributed by atoms with van der Waals surface area (Å²) >= 11 is 0. The van der Waals surface area contributed by atoms with Crippen LogP contribution < -0.4 is 5.32 Å². The molecule has 0 spiro atoms. The number of ether oxygens (including phenoxy) is 1. The van der Waals surface area contributed by atoms with E-state index in [1.165, 1.54) is 0 Å². The van der Waals surface area contributed by atoms with Gasteiger partial charge >= 0.3 is 0 Å². The molecule has 2 amide bonds. The van der Waals surface area contributed by atoms with Gasteiger partial charge in [0.2, 0.25) is 11.8 Å². The second kappa shape index (κ2) is 9.82. The van der Waals surface area contributed by atoms with Gasteiger partial charge in [0, 0.05) is 32.7 Å². The molecular weight excluding hydrogens is 346 g/mol. The number of benzene rings is 1. The number of amides is 2. The number of hydrogen-bond donors (Lipinski definition) is 2. The molecule has 0 radical (unpaired) electrons. The summed E-state index contributed by atoms with van der Waals surface area (Å²) in [6.45, 7) is 4.11. The first-order valence-electron chi connectivity index (χ1n) is 9.68. The molecule has 3 rings (SSSR count). The Balaban J connectivity index is 1.35. The monoisotopic (exact) mass is 375 g/mol. The number of nitrogens with one attached hydrogen (secondary N) is 1. The number of carbonyl (C=O) groups excluding carboxylic acids is 2. The molecule has 2 N–H and O–H groups in total. The van der Waals surface area contributed by atoms with Crippen LogP contribution in [0.2, 0.25) is 0 Å². The Bertz CT molecular complexity index is 617. The molecule has 0 aromatic heterocycles. The minimum Gasteiger partial charge on any atom is -0.392 e. The van der Waals surface area contributed by atoms with Crippen LogP contribution in [0.1, 0.15) is 18.4 Å². The summed E-state index contributed by atoms with van der Waals surface area (Å²) in [5.41, 5.74) is 1.05. The van der Waals surface area contributed by atoms with Gasteiger partial charge in [-0.3, -0.25) is 14.5 Å². The largest absolute Gasteiger partial charge is 0.392 e. The van der Waals surface area contributed by atoms with Gasteiger partial charge in [-0.2, -0.15) is 0 Å². The van der Waals surface area contributed by atoms with E-state index in [-0.39, 0.29) is 24.3 Å². The minimum absolute atomic E-state index is 0.00609. The van der Waals surface area contributed by atoms with E-state index in [2.05, 4.69) is 5.32 Å². The van der Waals surface area contributed by atoms with Crippen molar-refractivity contribution in [3.8, 4) is 0 Å². The average Bonchev–Trinajstić information content (AvgIpc) is 2.69. The lowest BCUT2D eigenvalue weighted by Gasteiger charge is -2.36. The highest BCUT2D eigenvalue weighted by Crippen LogP contribution is 2.22. The van der Waals surface area contributed by atoms with Crippen molar-refractivity contribution in [3.05, 3.63) is 35.9 Å². The Labute approximate surface area is 160 Å². The van der Waals surface area contributed by atoms with Crippen LogP contribution in [0.4, 0.5) is 0 Å². The molecule has 2 aliphatic rings. The van der Waals surface area contributed by atoms with Crippen molar-refractivity contribution in [2.24, 2.45) is 5.92 Å². The third-order valence-corrected chi connectivity index (χ3v) is 5.34. The number of piperazine rings is 1. The van der Waals surface area contributed by atoms with E-state index in [9.17, 15) is 14.7 Å². The molecule has 0 bridgehead atoms. The molecule has 1 unspecified atom stereocenters. The zero-order chi connectivity index (χ0) is 19.1. The molecule has 27 heavy (non-hydrogen) atoms. The number of aliphatic hydroxyl groups is 1. The Morgan fingerprint density at radius 3 is 2.67 bits per heavy atom. The van der Waals surface area contributed by atoms with Gasteiger partial charge in [0.25, 0.3) is 0 Å². The number of hydrogen-bond acceptors (Lipinski definition) is 5. The Morgan fingerprint density at radius 2 is 1.96 bits per heavy atom. The maximum absolute atomic E-state index is 12.3. The normalized spacial score (nSPS) is 20.3. The molecule has 2 saturated heterocycles. The van der Waals surface area contributed by atoms with Crippen LogP contribution in [0.15, 0.2) is 30.3 Å². The maximum atomic E-state index is 12.3. The SMILES string of the molecule is O=C1CN(CC(O)C2CCN(C(=O)COCc3ccccc3)CC2)CCN1. The summed E-state index contributed by atoms with van der Waals surface area (Å²) in [4.78, 5) is 27.6. The number of rotatable bonds is 7. The fourth-order valence-corrected chi connectivity index (χ4v) is 3.72. The van der Waals surface area contributed by atoms with E-state index in [1.807, 2.05) is 40.1 Å². The Hall–Kier alpha value is -1.96. The molecule has 7 heteroatoms. The standard InChI is InChI=1S/C20H29N3O4/c24-18(12-22-11-8-21-19(25)13-22)17-6-9-23(10-7-17)20(26)15-27-14-16-4-2-1-3-5-16/h1-5,17-18,24H,6-15H2,(H,21,25). The maximum Gasteiger partial charge on any atom is 0.248 e. The van der Waals surface area contributed by atoms with E-state index in [4.69, 9.17) is 4.74 Å². The molecule has 1 aromatic carbocycles. The highest BCUT2D eigenvalue weighted by Gasteiger charge is 2.29. The molecule has 2 aliphatic heterocycles. The van der Waals surface area contributed by atoms with Gasteiger partial charge in [0.15, 0.2) is 0 Å². The Morgan fingerprint density at radius 1 is 1.22 bits per heavy atom. The van der Waals surface area contributed by atoms with Crippen molar-refractivity contribution in [2.45, 2.75) is 25.6 Å². The van der Waals surface area contributed by atoms with Crippen LogP contribution in [0, 0.1) is 5.92 Å². The number of aliphatic hydroxyl groups excluding tert-OH is 1. The topological polar surface area (TPSA) is 82.1 Å². The summed E-state index contributed by atoms with van der Waals surface area (Å²) in [5, 5.41) is 13.3. The summed E-state index contributed by atoms with van der Waals surface area (Å²) in [5.74, 6) is 0.195. The number of carbonyl (C=O) groups is 2. The summed E-state index contributed by atoms with van der Waals surface area (Å²) < 4.78 is 5.53. The second-order valence-corrected chi connectivity index (χ2v) is 7.35. The predicted octanol–water partition coefficient (Wildman–Crippen LogP) is 0.235. The van der Waals surface area contributed by atoms with E-state index in [1.54, 1.807) is 0 Å². The number of β-amino-alcohol motifs (C(OH)–C–C–N with tert-alkyl or cyclic N) is 1. The highest BCUT2D eigenvalue weighted by atomic mass is 16.5. The summed E-state index contributed by atoms with van der Waals surface area (Å²) in [6.07, 6.45) is 1.11. The van der Waals surface area contributed by atoms with Crippen molar-refractivity contribution in [2.75, 3.05) is 45.9 Å². The van der Waals surface area contributed by atoms with Crippen LogP contribution >= 0.6 is 0 Å². The van der Waals surface area contributed by atoms with Crippen LogP contribution in [0.25, 0.3) is 0 Å². The quantitative estimate of drug-likeness (QED) is 0.713. The molecule has 7 nitrogen and oxygen atoms in total. The second-order valence-electron chi connectivity index (χ2n) is 7.35. The number of piperidine rings is 1. The highest BCUT2D eigenvalue weighted by molar-refractivity contribution is 5.78. The van der Waals surface area contributed by atoms with E-state index in [0.29, 0.717) is 39.3 Å². The van der Waals surface area contributed by atoms with Gasteiger partial charge < -0.3 is 20.1 Å². The van der Waals surface area contributed by atoms with Crippen LogP contribution in [-0.4, -0.2) is 78.7 Å². The van der Waals surface area contributed by atoms with Crippen LogP contribution in [0.3, 0.4) is 0 Å². The first kappa shape index (κ1) is 19.8. The summed E-state index contributed by atoms with van der Waals surface area (Å²) in [6, 6.07) is 9.81. The average molecular weight is 375 g/mol. The zero-order valence-electron chi connectivity index (χ0n) is 15.7. The van der Waals surface area contributed by atoms with Crippen LogP contribution in [-0.2, 0) is 20.9 Å². The van der Waals surface area contributed by atoms with Crippen molar-refractivity contribution in [1.29, 1.82) is 0 Å². The fourth-order valence-electron chi connectivity index (χ4n) is 3.72. The molecular formula is C20H29N3O4. The van der Waals surface area contributed by atoms with E-state index < -0.39 is 6.10 Å². The van der Waals surface area contributed by atoms with Gasteiger partial charge in [-0.05, 0) is 24.3 Å². The van der Waals surface area contributed by atoms with Gasteiger partial charge in [0.05, 0.1) is 19.3 Å². The first-order chi connectivity index (χ1) is 13.1. The molecule has 2 heterocycles. The zero-order valence-corrected chi connectivity index (χ0v) is 15.7. The molecule has 148 valence electrons. The molecule has 2 fully saturated rings. The smallest absolute Gasteiger partial charge is 0.248 e. The summed E-state index contributed by atoms with van der Waals surface area (Å²) in [7, 11) is 0. The predicted molar refractivity (Wildman–Crippen MR) is 101 cm³/mol. The Kier molecular flexibility index (Phi) is 7.20. The third-order valence-electron chi connectivity index (χ3n) is 5.34. The van der Waals surface area contributed by atoms with Gasteiger partial charge in [-0.15, -0.1) is 0 Å². The van der Waals surface area contributed by atoms with Crippen molar-refractivity contribution in [3.63, 3.8) is 0 Å². The lowest BCUT2D eigenvalue weighted by Crippen LogP contribution is -2.51. The molecule has 0 saturated carbocycles. The number of likely N-dealkylation sites (tertiary alicyclic amines) is 1. The molecule has 1 aromatic rings.